The van der Waals surface area contributed by atoms with Crippen LogP contribution in [0.1, 0.15) is 34.8 Å². The lowest BCUT2D eigenvalue weighted by Crippen LogP contribution is -2.50. The molecule has 0 N–H and O–H groups in total. The molecule has 0 unspecified atom stereocenters. The molecule has 3 aromatic heterocycles. The number of carbonyl (C=O) groups is 1. The van der Waals surface area contributed by atoms with Gasteiger partial charge in [0.15, 0.2) is 11.4 Å². The van der Waals surface area contributed by atoms with E-state index in [9.17, 15) is 13.2 Å². The first-order valence-electron chi connectivity index (χ1n) is 11.6. The van der Waals surface area contributed by atoms with Gasteiger partial charge in [0.1, 0.15) is 10.6 Å². The largest absolute Gasteiger partial charge is 0.360 e. The minimum atomic E-state index is -3.71. The van der Waals surface area contributed by atoms with Gasteiger partial charge in [-0.15, -0.1) is 0 Å². The maximum absolute atomic E-state index is 13.0. The van der Waals surface area contributed by atoms with Gasteiger partial charge in [-0.05, 0) is 51.8 Å². The van der Waals surface area contributed by atoms with Crippen molar-refractivity contribution in [1.82, 2.24) is 29.0 Å². The first kappa shape index (κ1) is 23.4. The summed E-state index contributed by atoms with van der Waals surface area (Å²) < 4.78 is 34.4. The van der Waals surface area contributed by atoms with E-state index in [0.29, 0.717) is 31.6 Å². The highest BCUT2D eigenvalue weighted by atomic mass is 32.2. The molecule has 5 rings (SSSR count). The van der Waals surface area contributed by atoms with E-state index in [1.165, 1.54) is 4.31 Å². The maximum atomic E-state index is 13.0. The number of aryl methyl sites for hydroxylation is 4. The average Bonchev–Trinajstić information content (AvgIpc) is 3.38. The van der Waals surface area contributed by atoms with Crippen LogP contribution in [0.3, 0.4) is 0 Å². The number of benzene rings is 1. The van der Waals surface area contributed by atoms with Gasteiger partial charge in [-0.3, -0.25) is 4.79 Å². The Morgan fingerprint density at radius 3 is 2.43 bits per heavy atom. The summed E-state index contributed by atoms with van der Waals surface area (Å²) in [7, 11) is -3.71. The highest BCUT2D eigenvalue weighted by molar-refractivity contribution is 7.89. The highest BCUT2D eigenvalue weighted by Gasteiger charge is 2.34. The molecular formula is C24H28N6O4S. The average molecular weight is 497 g/mol. The lowest BCUT2D eigenvalue weighted by Gasteiger charge is -2.34. The van der Waals surface area contributed by atoms with Crippen LogP contribution in [0, 0.1) is 27.7 Å². The first-order valence-corrected chi connectivity index (χ1v) is 13.1. The SMILES string of the molecule is Cc1nc2c3ccccc3nn2c(C)c1CCC(=O)N1CCN(S(=O)(=O)c2c(C)noc2C)CC1. The molecule has 1 saturated heterocycles. The molecule has 1 fully saturated rings. The van der Waals surface area contributed by atoms with Gasteiger partial charge in [0.2, 0.25) is 15.9 Å². The molecule has 0 saturated carbocycles. The van der Waals surface area contributed by atoms with E-state index in [1.54, 1.807) is 18.7 Å². The molecule has 11 heteroatoms. The van der Waals surface area contributed by atoms with Crippen molar-refractivity contribution in [1.29, 1.82) is 0 Å². The van der Waals surface area contributed by atoms with Crippen LogP contribution in [-0.2, 0) is 21.2 Å². The Hall–Kier alpha value is -3.31. The normalized spacial score (nSPS) is 15.4. The lowest BCUT2D eigenvalue weighted by atomic mass is 10.1. The molecule has 0 radical (unpaired) electrons. The van der Waals surface area contributed by atoms with Crippen molar-refractivity contribution in [2.24, 2.45) is 0 Å². The zero-order valence-corrected chi connectivity index (χ0v) is 21.1. The van der Waals surface area contributed by atoms with Gasteiger partial charge in [0.25, 0.3) is 0 Å². The molecule has 1 aliphatic heterocycles. The van der Waals surface area contributed by atoms with E-state index in [2.05, 4.69) is 10.3 Å². The monoisotopic (exact) mass is 496 g/mol. The molecule has 0 spiro atoms. The molecule has 10 nitrogen and oxygen atoms in total. The quantitative estimate of drug-likeness (QED) is 0.417. The number of aromatic nitrogens is 4. The molecule has 0 atom stereocenters. The van der Waals surface area contributed by atoms with Crippen LogP contribution < -0.4 is 0 Å². The molecule has 35 heavy (non-hydrogen) atoms. The highest BCUT2D eigenvalue weighted by Crippen LogP contribution is 2.25. The summed E-state index contributed by atoms with van der Waals surface area (Å²) in [5.41, 5.74) is 4.94. The smallest absolute Gasteiger partial charge is 0.248 e. The Morgan fingerprint density at radius 2 is 1.74 bits per heavy atom. The Bertz CT molecular complexity index is 1530. The summed E-state index contributed by atoms with van der Waals surface area (Å²) in [5.74, 6) is 0.284. The summed E-state index contributed by atoms with van der Waals surface area (Å²) >= 11 is 0. The van der Waals surface area contributed by atoms with E-state index < -0.39 is 10.0 Å². The molecule has 4 aromatic rings. The molecule has 1 aliphatic rings. The van der Waals surface area contributed by atoms with E-state index >= 15 is 0 Å². The van der Waals surface area contributed by atoms with E-state index in [4.69, 9.17) is 9.51 Å². The van der Waals surface area contributed by atoms with Crippen LogP contribution >= 0.6 is 0 Å². The summed E-state index contributed by atoms with van der Waals surface area (Å²) in [5, 5.41) is 9.45. The van der Waals surface area contributed by atoms with E-state index in [0.717, 1.165) is 33.5 Å². The third-order valence-electron chi connectivity index (χ3n) is 6.76. The predicted octanol–water partition coefficient (Wildman–Crippen LogP) is 2.57. The number of sulfonamides is 1. The summed E-state index contributed by atoms with van der Waals surface area (Å²) in [6.07, 6.45) is 0.875. The number of nitrogens with zero attached hydrogens (tertiary/aromatic N) is 6. The predicted molar refractivity (Wildman–Crippen MR) is 130 cm³/mol. The van der Waals surface area contributed by atoms with Crippen LogP contribution in [0.25, 0.3) is 16.6 Å². The topological polar surface area (TPSA) is 114 Å². The zero-order valence-electron chi connectivity index (χ0n) is 20.3. The zero-order chi connectivity index (χ0) is 24.9. The van der Waals surface area contributed by atoms with Gasteiger partial charge in [-0.1, -0.05) is 17.3 Å². The van der Waals surface area contributed by atoms with Crippen LogP contribution in [0.4, 0.5) is 0 Å². The van der Waals surface area contributed by atoms with Crippen molar-refractivity contribution in [3.05, 3.63) is 52.7 Å². The second-order valence-corrected chi connectivity index (χ2v) is 10.8. The van der Waals surface area contributed by atoms with Gasteiger partial charge in [-0.25, -0.2) is 17.9 Å². The summed E-state index contributed by atoms with van der Waals surface area (Å²) in [6, 6.07) is 7.91. The fraction of sp³-hybridized carbons (Fsp3) is 0.417. The third-order valence-corrected chi connectivity index (χ3v) is 8.91. The minimum Gasteiger partial charge on any atom is -0.360 e. The van der Waals surface area contributed by atoms with Crippen molar-refractivity contribution in [3.63, 3.8) is 0 Å². The fourth-order valence-electron chi connectivity index (χ4n) is 4.88. The molecule has 4 heterocycles. The standard InChI is InChI=1S/C24H28N6O4S/c1-15-19(17(3)30-24(25-15)20-7-5-6-8-21(20)26-30)9-10-22(31)28-11-13-29(14-12-28)35(32,33)23-16(2)27-34-18(23)4/h5-8H,9-14H2,1-4H3. The van der Waals surface area contributed by atoms with E-state index in [-0.39, 0.29) is 29.7 Å². The van der Waals surface area contributed by atoms with Crippen LogP contribution in [0.15, 0.2) is 33.7 Å². The number of rotatable bonds is 5. The van der Waals surface area contributed by atoms with Crippen LogP contribution in [0.5, 0.6) is 0 Å². The third kappa shape index (κ3) is 3.98. The maximum Gasteiger partial charge on any atom is 0.248 e. The summed E-state index contributed by atoms with van der Waals surface area (Å²) in [6.45, 7) is 8.36. The second kappa shape index (κ2) is 8.72. The van der Waals surface area contributed by atoms with Gasteiger partial charge in [0, 0.05) is 49.4 Å². The number of carbonyl (C=O) groups excluding carboxylic acids is 1. The van der Waals surface area contributed by atoms with Gasteiger partial charge < -0.3 is 9.42 Å². The van der Waals surface area contributed by atoms with Crippen molar-refractivity contribution in [2.75, 3.05) is 26.2 Å². The Balaban J connectivity index is 1.27. The van der Waals surface area contributed by atoms with E-state index in [1.807, 2.05) is 42.6 Å². The number of fused-ring (bicyclic) bond motifs is 3. The van der Waals surface area contributed by atoms with Crippen molar-refractivity contribution in [2.45, 2.75) is 45.4 Å². The minimum absolute atomic E-state index is 0.00362. The van der Waals surface area contributed by atoms with Crippen LogP contribution in [0.2, 0.25) is 0 Å². The molecule has 1 amide bonds. The molecule has 184 valence electrons. The first-order chi connectivity index (χ1) is 16.7. The van der Waals surface area contributed by atoms with Gasteiger partial charge in [-0.2, -0.15) is 9.40 Å². The fourth-order valence-corrected chi connectivity index (χ4v) is 6.59. The van der Waals surface area contributed by atoms with Crippen molar-refractivity contribution < 1.29 is 17.7 Å². The molecular weight excluding hydrogens is 468 g/mol. The number of piperazine rings is 1. The van der Waals surface area contributed by atoms with Gasteiger partial charge >= 0.3 is 0 Å². The van der Waals surface area contributed by atoms with Gasteiger partial charge in [0.05, 0.1) is 5.52 Å². The number of hydrogen-bond donors (Lipinski definition) is 0. The van der Waals surface area contributed by atoms with Crippen molar-refractivity contribution in [3.8, 4) is 0 Å². The molecule has 0 aliphatic carbocycles. The van der Waals surface area contributed by atoms with Crippen molar-refractivity contribution >= 4 is 32.5 Å². The molecule has 0 bridgehead atoms. The number of amides is 1. The molecule has 1 aromatic carbocycles. The summed E-state index contributed by atoms with van der Waals surface area (Å²) in [4.78, 5) is 19.6. The Labute approximate surface area is 203 Å². The lowest BCUT2D eigenvalue weighted by molar-refractivity contribution is -0.132. The Kier molecular flexibility index (Phi) is 5.84. The second-order valence-electron chi connectivity index (χ2n) is 8.95. The Morgan fingerprint density at radius 1 is 1.03 bits per heavy atom. The van der Waals surface area contributed by atoms with Crippen LogP contribution in [-0.4, -0.2) is 69.5 Å². The number of hydrogen-bond acceptors (Lipinski definition) is 7.